The molecule has 0 bridgehead atoms. The minimum absolute atomic E-state index is 0.0398. The average molecular weight is 469 g/mol. The van der Waals surface area contributed by atoms with Crippen molar-refractivity contribution in [3.05, 3.63) is 23.8 Å². The van der Waals surface area contributed by atoms with E-state index in [0.717, 1.165) is 5.57 Å². The van der Waals surface area contributed by atoms with Crippen LogP contribution in [0.1, 0.15) is 59.8 Å². The molecule has 0 aliphatic heterocycles. The number of rotatable bonds is 3. The molecule has 0 aromatic carbocycles. The maximum Gasteiger partial charge on any atom is 0.348 e. The molecule has 0 amide bonds. The molecule has 0 aromatic heterocycles. The largest absolute Gasteiger partial charge is 0.478 e. The third-order valence-electron chi connectivity index (χ3n) is 8.97. The van der Waals surface area contributed by atoms with Gasteiger partial charge in [0.25, 0.3) is 0 Å². The second-order valence-electron chi connectivity index (χ2n) is 10.2. The number of esters is 1. The van der Waals surface area contributed by atoms with Crippen LogP contribution in [0.3, 0.4) is 0 Å². The first-order chi connectivity index (χ1) is 14.4. The van der Waals surface area contributed by atoms with Crippen molar-refractivity contribution in [2.24, 2.45) is 28.6 Å². The average Bonchev–Trinajstić information content (AvgIpc) is 2.98. The van der Waals surface area contributed by atoms with Gasteiger partial charge in [0.1, 0.15) is 0 Å². The van der Waals surface area contributed by atoms with Crippen LogP contribution in [0.4, 0.5) is 0 Å². The van der Waals surface area contributed by atoms with Crippen molar-refractivity contribution in [3.63, 3.8) is 0 Å². The molecular weight excluding hydrogens is 439 g/mol. The van der Waals surface area contributed by atoms with E-state index >= 15 is 0 Å². The molecule has 0 aromatic rings. The predicted octanol–water partition coefficient (Wildman–Crippen LogP) is 4.90. The van der Waals surface area contributed by atoms with Gasteiger partial charge in [-0.25, -0.2) is 4.79 Å². The van der Waals surface area contributed by atoms with E-state index in [1.807, 2.05) is 19.9 Å². The Kier molecular flexibility index (Phi) is 5.22. The van der Waals surface area contributed by atoms with Crippen LogP contribution in [0.15, 0.2) is 23.8 Å². The number of carboxylic acid groups (broad SMARTS) is 1. The van der Waals surface area contributed by atoms with Crippen LogP contribution >= 0.6 is 23.2 Å². The van der Waals surface area contributed by atoms with Crippen LogP contribution in [0, 0.1) is 28.6 Å². The highest BCUT2D eigenvalue weighted by Gasteiger charge is 2.75. The molecule has 3 fully saturated rings. The van der Waals surface area contributed by atoms with Crippen molar-refractivity contribution in [3.8, 4) is 0 Å². The minimum Gasteiger partial charge on any atom is -0.478 e. The van der Waals surface area contributed by atoms with Crippen molar-refractivity contribution in [1.82, 2.24) is 0 Å². The van der Waals surface area contributed by atoms with Crippen molar-refractivity contribution in [2.75, 3.05) is 0 Å². The fraction of sp³-hybridized carbons (Fsp3) is 0.708. The van der Waals surface area contributed by atoms with Gasteiger partial charge in [-0.1, -0.05) is 39.3 Å². The van der Waals surface area contributed by atoms with Gasteiger partial charge in [-0.2, -0.15) is 0 Å². The Bertz CT molecular complexity index is 912. The van der Waals surface area contributed by atoms with Crippen molar-refractivity contribution < 1.29 is 24.2 Å². The molecule has 7 heteroatoms. The number of alkyl halides is 2. The number of ether oxygens (including phenoxy) is 1. The summed E-state index contributed by atoms with van der Waals surface area (Å²) < 4.78 is 5.71. The maximum atomic E-state index is 12.6. The van der Waals surface area contributed by atoms with Crippen molar-refractivity contribution >= 4 is 40.9 Å². The Labute approximate surface area is 193 Å². The van der Waals surface area contributed by atoms with E-state index in [-0.39, 0.29) is 36.4 Å². The summed E-state index contributed by atoms with van der Waals surface area (Å²) in [6, 6.07) is 0. The third kappa shape index (κ3) is 2.71. The lowest BCUT2D eigenvalue weighted by Crippen LogP contribution is -2.68. The summed E-state index contributed by atoms with van der Waals surface area (Å²) in [5.74, 6) is -1.69. The van der Waals surface area contributed by atoms with Gasteiger partial charge in [0.05, 0.1) is 10.3 Å². The van der Waals surface area contributed by atoms with E-state index in [0.29, 0.717) is 19.3 Å². The number of halogens is 2. The molecule has 0 saturated heterocycles. The molecule has 0 unspecified atom stereocenters. The Hall–Kier alpha value is -1.33. The van der Waals surface area contributed by atoms with Gasteiger partial charge in [0.2, 0.25) is 5.60 Å². The first kappa shape index (κ1) is 22.8. The van der Waals surface area contributed by atoms with E-state index in [4.69, 9.17) is 27.9 Å². The number of fused-ring (bicyclic) bond motifs is 5. The quantitative estimate of drug-likeness (QED) is 0.470. The van der Waals surface area contributed by atoms with Gasteiger partial charge in [-0.15, -0.1) is 23.2 Å². The fourth-order valence-electron chi connectivity index (χ4n) is 7.35. The molecule has 4 aliphatic carbocycles. The van der Waals surface area contributed by atoms with E-state index in [2.05, 4.69) is 6.92 Å². The molecule has 0 heterocycles. The van der Waals surface area contributed by atoms with Crippen molar-refractivity contribution in [2.45, 2.75) is 75.7 Å². The number of hydrogen-bond donors (Lipinski definition) is 1. The Morgan fingerprint density at radius 3 is 2.58 bits per heavy atom. The first-order valence-corrected chi connectivity index (χ1v) is 11.9. The van der Waals surface area contributed by atoms with E-state index in [1.54, 1.807) is 19.1 Å². The van der Waals surface area contributed by atoms with Crippen LogP contribution in [0.5, 0.6) is 0 Å². The Morgan fingerprint density at radius 2 is 1.97 bits per heavy atom. The zero-order valence-electron chi connectivity index (χ0n) is 18.4. The molecule has 8 atom stereocenters. The maximum absolute atomic E-state index is 12.6. The first-order valence-electron chi connectivity index (χ1n) is 11.1. The number of carbonyl (C=O) groups is 3. The molecule has 4 aliphatic rings. The summed E-state index contributed by atoms with van der Waals surface area (Å²) in [4.78, 5) is 36.1. The number of carbonyl (C=O) groups excluding carboxylic acids is 2. The lowest BCUT2D eigenvalue weighted by atomic mass is 9.45. The topological polar surface area (TPSA) is 80.7 Å². The van der Waals surface area contributed by atoms with Crippen LogP contribution in [0.25, 0.3) is 0 Å². The lowest BCUT2D eigenvalue weighted by molar-refractivity contribution is -0.200. The standard InChI is InChI=1S/C24H30Cl2O5/c1-5-19(28)31-23(20(29)30)9-7-15-17-10-13(2)16-11-14(27)6-8-21(16,3)24(17,26)18(25)12-22(15,23)4/h6,8,11,13,15,17-18H,5,7,9-10,12H2,1-4H3,(H,29,30)/t13-,15-,17-,18-,21-,22-,23-,24-/m0/s1. The summed E-state index contributed by atoms with van der Waals surface area (Å²) in [6.07, 6.45) is 7.17. The molecule has 0 radical (unpaired) electrons. The summed E-state index contributed by atoms with van der Waals surface area (Å²) >= 11 is 14.6. The second-order valence-corrected chi connectivity index (χ2v) is 11.4. The minimum atomic E-state index is -1.60. The van der Waals surface area contributed by atoms with Gasteiger partial charge in [-0.3, -0.25) is 9.59 Å². The van der Waals surface area contributed by atoms with E-state index < -0.39 is 38.6 Å². The third-order valence-corrected chi connectivity index (χ3v) is 10.5. The summed E-state index contributed by atoms with van der Waals surface area (Å²) in [5.41, 5.74) is -2.03. The highest BCUT2D eigenvalue weighted by atomic mass is 35.5. The normalized spacial score (nSPS) is 48.3. The van der Waals surface area contributed by atoms with E-state index in [9.17, 15) is 19.5 Å². The SMILES string of the molecule is CCC(=O)O[C@]1(C(=O)O)CC[C@H]2[C@@H]3C[C@H](C)C4=CC(=O)C=C[C@]4(C)[C@@]3(Cl)[C@@H](Cl)C[C@@]21C. The molecular formula is C24H30Cl2O5. The molecule has 31 heavy (non-hydrogen) atoms. The zero-order chi connectivity index (χ0) is 23.0. The number of aliphatic carboxylic acids is 1. The zero-order valence-corrected chi connectivity index (χ0v) is 19.9. The van der Waals surface area contributed by atoms with Crippen LogP contribution < -0.4 is 0 Å². The monoisotopic (exact) mass is 468 g/mol. The Balaban J connectivity index is 1.84. The number of carboxylic acids is 1. The predicted molar refractivity (Wildman–Crippen MR) is 118 cm³/mol. The van der Waals surface area contributed by atoms with Gasteiger partial charge in [-0.05, 0) is 55.6 Å². The number of allylic oxidation sites excluding steroid dienone is 4. The molecule has 5 nitrogen and oxygen atoms in total. The highest BCUT2D eigenvalue weighted by molar-refractivity contribution is 6.34. The number of hydrogen-bond acceptors (Lipinski definition) is 4. The van der Waals surface area contributed by atoms with Crippen molar-refractivity contribution in [1.29, 1.82) is 0 Å². The Morgan fingerprint density at radius 1 is 1.29 bits per heavy atom. The smallest absolute Gasteiger partial charge is 0.348 e. The molecule has 170 valence electrons. The lowest BCUT2D eigenvalue weighted by Gasteiger charge is -2.64. The fourth-order valence-corrected chi connectivity index (χ4v) is 8.55. The summed E-state index contributed by atoms with van der Waals surface area (Å²) in [5, 5.41) is 9.71. The molecule has 0 spiro atoms. The molecule has 1 N–H and O–H groups in total. The number of ketones is 1. The molecule has 3 saturated carbocycles. The van der Waals surface area contributed by atoms with E-state index in [1.165, 1.54) is 0 Å². The summed E-state index contributed by atoms with van der Waals surface area (Å²) in [6.45, 7) is 7.71. The van der Waals surface area contributed by atoms with Crippen LogP contribution in [-0.2, 0) is 19.1 Å². The van der Waals surface area contributed by atoms with Gasteiger partial charge in [0, 0.05) is 17.3 Å². The highest BCUT2D eigenvalue weighted by Crippen LogP contribution is 2.72. The van der Waals surface area contributed by atoms with Gasteiger partial charge >= 0.3 is 11.9 Å². The summed E-state index contributed by atoms with van der Waals surface area (Å²) in [7, 11) is 0. The van der Waals surface area contributed by atoms with Gasteiger partial charge in [0.15, 0.2) is 5.78 Å². The second kappa shape index (κ2) is 7.08. The van der Waals surface area contributed by atoms with Crippen LogP contribution in [-0.4, -0.2) is 38.7 Å². The molecule has 4 rings (SSSR count). The van der Waals surface area contributed by atoms with Gasteiger partial charge < -0.3 is 9.84 Å². The van der Waals surface area contributed by atoms with Crippen LogP contribution in [0.2, 0.25) is 0 Å².